The van der Waals surface area contributed by atoms with E-state index in [0.29, 0.717) is 12.4 Å². The molecule has 27 heavy (non-hydrogen) atoms. The fourth-order valence-electron chi connectivity index (χ4n) is 2.73. The van der Waals surface area contributed by atoms with Crippen LogP contribution in [0.25, 0.3) is 5.57 Å². The second-order valence-corrected chi connectivity index (χ2v) is 8.16. The van der Waals surface area contributed by atoms with E-state index in [1.54, 1.807) is 28.9 Å². The number of hydrogen-bond donors (Lipinski definition) is 2. The molecule has 1 aromatic carbocycles. The zero-order chi connectivity index (χ0) is 19.6. The molecular formula is C18H23N5O3S. The molecule has 0 aliphatic heterocycles. The quantitative estimate of drug-likeness (QED) is 0.753. The smallest absolute Gasteiger partial charge is 0.249 e. The number of sulfonamides is 1. The lowest BCUT2D eigenvalue weighted by molar-refractivity contribution is -0.117. The van der Waals surface area contributed by atoms with Crippen molar-refractivity contribution in [1.82, 2.24) is 19.5 Å². The number of anilines is 1. The molecule has 8 nitrogen and oxygen atoms in total. The molecule has 2 N–H and O–H groups in total. The third kappa shape index (κ3) is 4.09. The molecule has 0 spiro atoms. The summed E-state index contributed by atoms with van der Waals surface area (Å²) in [6, 6.07) is 6.56. The van der Waals surface area contributed by atoms with Crippen LogP contribution in [0.2, 0.25) is 0 Å². The van der Waals surface area contributed by atoms with Gasteiger partial charge in [0.25, 0.3) is 0 Å². The Labute approximate surface area is 158 Å². The Morgan fingerprint density at radius 2 is 1.96 bits per heavy atom. The van der Waals surface area contributed by atoms with E-state index >= 15 is 0 Å². The van der Waals surface area contributed by atoms with E-state index in [2.05, 4.69) is 20.1 Å². The minimum atomic E-state index is -3.49. The van der Waals surface area contributed by atoms with Crippen LogP contribution < -0.4 is 10.0 Å². The van der Waals surface area contributed by atoms with Gasteiger partial charge >= 0.3 is 0 Å². The van der Waals surface area contributed by atoms with Gasteiger partial charge in [-0.05, 0) is 51.4 Å². The number of hydrogen-bond acceptors (Lipinski definition) is 5. The predicted octanol–water partition coefficient (Wildman–Crippen LogP) is 2.01. The standard InChI is InChI=1S/C18H23N5O3S/c1-4-15(12-8-10-14(11-9-12)27(25,26)19-3)16-20-18(22-23(16)5-2)21-17(24)13-6-7-13/h4,8-11,13,19H,5-7H2,1-3H3,(H,21,22,24). The number of benzene rings is 1. The summed E-state index contributed by atoms with van der Waals surface area (Å²) in [4.78, 5) is 16.7. The summed E-state index contributed by atoms with van der Waals surface area (Å²) in [5.41, 5.74) is 1.62. The van der Waals surface area contributed by atoms with Gasteiger partial charge in [-0.1, -0.05) is 18.2 Å². The minimum absolute atomic E-state index is 0.0431. The van der Waals surface area contributed by atoms with Gasteiger partial charge in [-0.2, -0.15) is 4.98 Å². The number of rotatable bonds is 7. The highest BCUT2D eigenvalue weighted by molar-refractivity contribution is 7.89. The number of aromatic nitrogens is 3. The predicted molar refractivity (Wildman–Crippen MR) is 102 cm³/mol. The van der Waals surface area contributed by atoms with E-state index in [0.717, 1.165) is 24.0 Å². The largest absolute Gasteiger partial charge is 0.293 e. The first-order valence-corrected chi connectivity index (χ1v) is 10.3. The molecule has 3 rings (SSSR count). The lowest BCUT2D eigenvalue weighted by Crippen LogP contribution is -2.18. The van der Waals surface area contributed by atoms with Crippen LogP contribution in [-0.2, 0) is 21.4 Å². The fraction of sp³-hybridized carbons (Fsp3) is 0.389. The van der Waals surface area contributed by atoms with Crippen LogP contribution in [0.1, 0.15) is 38.1 Å². The Kier molecular flexibility index (Phi) is 5.43. The number of nitrogens with one attached hydrogen (secondary N) is 2. The van der Waals surface area contributed by atoms with Crippen molar-refractivity contribution in [3.05, 3.63) is 41.7 Å². The second-order valence-electron chi connectivity index (χ2n) is 6.27. The van der Waals surface area contributed by atoms with Crippen molar-refractivity contribution in [2.24, 2.45) is 5.92 Å². The van der Waals surface area contributed by atoms with Crippen molar-refractivity contribution >= 4 is 27.5 Å². The normalized spacial score (nSPS) is 15.0. The van der Waals surface area contributed by atoms with Gasteiger partial charge in [-0.25, -0.2) is 17.8 Å². The maximum Gasteiger partial charge on any atom is 0.249 e. The maximum atomic E-state index is 12.0. The van der Waals surface area contributed by atoms with Gasteiger partial charge in [-0.3, -0.25) is 10.1 Å². The Morgan fingerprint density at radius 1 is 1.30 bits per heavy atom. The molecule has 0 atom stereocenters. The summed E-state index contributed by atoms with van der Waals surface area (Å²) in [7, 11) is -2.11. The van der Waals surface area contributed by atoms with Crippen LogP contribution in [-0.4, -0.2) is 36.1 Å². The van der Waals surface area contributed by atoms with E-state index in [1.165, 1.54) is 7.05 Å². The van der Waals surface area contributed by atoms with Gasteiger partial charge in [0, 0.05) is 18.0 Å². The van der Waals surface area contributed by atoms with Crippen LogP contribution in [0.3, 0.4) is 0 Å². The van der Waals surface area contributed by atoms with Gasteiger partial charge in [0.2, 0.25) is 21.9 Å². The number of amides is 1. The number of carbonyl (C=O) groups excluding carboxylic acids is 1. The lowest BCUT2D eigenvalue weighted by Gasteiger charge is -2.09. The number of aryl methyl sites for hydroxylation is 1. The minimum Gasteiger partial charge on any atom is -0.293 e. The van der Waals surface area contributed by atoms with Crippen LogP contribution in [0.4, 0.5) is 5.95 Å². The fourth-order valence-corrected chi connectivity index (χ4v) is 3.46. The molecule has 1 saturated carbocycles. The summed E-state index contributed by atoms with van der Waals surface area (Å²) < 4.78 is 27.8. The highest BCUT2D eigenvalue weighted by Crippen LogP contribution is 2.30. The van der Waals surface area contributed by atoms with E-state index in [9.17, 15) is 13.2 Å². The Morgan fingerprint density at radius 3 is 2.48 bits per heavy atom. The summed E-state index contributed by atoms with van der Waals surface area (Å²) in [6.07, 6.45) is 3.72. The van der Waals surface area contributed by atoms with Crippen LogP contribution in [0.5, 0.6) is 0 Å². The lowest BCUT2D eigenvalue weighted by atomic mass is 10.1. The zero-order valence-corrected chi connectivity index (χ0v) is 16.4. The highest BCUT2D eigenvalue weighted by Gasteiger charge is 2.30. The molecule has 1 aliphatic rings. The van der Waals surface area contributed by atoms with Gasteiger partial charge in [0.05, 0.1) is 4.90 Å². The molecule has 1 aromatic heterocycles. The van der Waals surface area contributed by atoms with Crippen molar-refractivity contribution in [2.45, 2.75) is 38.1 Å². The van der Waals surface area contributed by atoms with Crippen LogP contribution in [0, 0.1) is 5.92 Å². The van der Waals surface area contributed by atoms with E-state index in [4.69, 9.17) is 0 Å². The first-order chi connectivity index (χ1) is 12.9. The summed E-state index contributed by atoms with van der Waals surface area (Å²) in [5.74, 6) is 0.941. The summed E-state index contributed by atoms with van der Waals surface area (Å²) in [5, 5.41) is 7.14. The summed E-state index contributed by atoms with van der Waals surface area (Å²) >= 11 is 0. The van der Waals surface area contributed by atoms with Gasteiger partial charge in [-0.15, -0.1) is 5.10 Å². The Bertz CT molecular complexity index is 973. The van der Waals surface area contributed by atoms with Crippen molar-refractivity contribution in [2.75, 3.05) is 12.4 Å². The molecule has 1 fully saturated rings. The second kappa shape index (κ2) is 7.61. The molecule has 1 heterocycles. The number of carbonyl (C=O) groups is 1. The van der Waals surface area contributed by atoms with Crippen LogP contribution >= 0.6 is 0 Å². The number of nitrogens with zero attached hydrogens (tertiary/aromatic N) is 3. The summed E-state index contributed by atoms with van der Waals surface area (Å²) in [6.45, 7) is 4.41. The van der Waals surface area contributed by atoms with E-state index < -0.39 is 10.0 Å². The SMILES string of the molecule is CC=C(c1ccc(S(=O)(=O)NC)cc1)c1nc(NC(=O)C2CC2)nn1CC. The van der Waals surface area contributed by atoms with Gasteiger partial charge < -0.3 is 0 Å². The molecule has 2 aromatic rings. The molecule has 0 radical (unpaired) electrons. The molecule has 0 bridgehead atoms. The van der Waals surface area contributed by atoms with Gasteiger partial charge in [0.1, 0.15) is 0 Å². The third-order valence-corrected chi connectivity index (χ3v) is 5.86. The van der Waals surface area contributed by atoms with Crippen molar-refractivity contribution in [3.63, 3.8) is 0 Å². The molecule has 0 unspecified atom stereocenters. The number of allylic oxidation sites excluding steroid dienone is 1. The van der Waals surface area contributed by atoms with Crippen molar-refractivity contribution in [3.8, 4) is 0 Å². The van der Waals surface area contributed by atoms with Crippen molar-refractivity contribution in [1.29, 1.82) is 0 Å². The van der Waals surface area contributed by atoms with Crippen LogP contribution in [0.15, 0.2) is 35.2 Å². The van der Waals surface area contributed by atoms with E-state index in [-0.39, 0.29) is 22.7 Å². The Balaban J connectivity index is 1.91. The van der Waals surface area contributed by atoms with Crippen molar-refractivity contribution < 1.29 is 13.2 Å². The molecule has 1 aliphatic carbocycles. The van der Waals surface area contributed by atoms with Gasteiger partial charge in [0.15, 0.2) is 5.82 Å². The molecule has 9 heteroatoms. The maximum absolute atomic E-state index is 12.0. The highest BCUT2D eigenvalue weighted by atomic mass is 32.2. The van der Waals surface area contributed by atoms with E-state index in [1.807, 2.05) is 19.9 Å². The first kappa shape index (κ1) is 19.2. The topological polar surface area (TPSA) is 106 Å². The molecule has 144 valence electrons. The average molecular weight is 389 g/mol. The monoisotopic (exact) mass is 389 g/mol. The average Bonchev–Trinajstić information content (AvgIpc) is 3.45. The Hall–Kier alpha value is -2.52. The third-order valence-electron chi connectivity index (χ3n) is 4.43. The zero-order valence-electron chi connectivity index (χ0n) is 15.6. The molecule has 0 saturated heterocycles. The first-order valence-electron chi connectivity index (χ1n) is 8.86. The molecule has 1 amide bonds. The molecular weight excluding hydrogens is 366 g/mol.